The molecule has 0 saturated heterocycles. The number of anilines is 2. The Bertz CT molecular complexity index is 1530. The second-order valence-corrected chi connectivity index (χ2v) is 9.20. The molecule has 4 aromatic rings. The summed E-state index contributed by atoms with van der Waals surface area (Å²) < 4.78 is 41.1. The Hall–Kier alpha value is -4.42. The van der Waals surface area contributed by atoms with Crippen molar-refractivity contribution in [3.63, 3.8) is 0 Å². The highest BCUT2D eigenvalue weighted by Crippen LogP contribution is 2.31. The van der Waals surface area contributed by atoms with E-state index in [1.54, 1.807) is 22.7 Å². The molecule has 216 valence electrons. The Morgan fingerprint density at radius 3 is 2.73 bits per heavy atom. The number of hydrogen-bond donors (Lipinski definition) is 2. The van der Waals surface area contributed by atoms with Crippen LogP contribution < -0.4 is 15.4 Å². The highest BCUT2D eigenvalue weighted by Gasteiger charge is 2.19. The van der Waals surface area contributed by atoms with E-state index in [-0.39, 0.29) is 17.2 Å². The normalized spacial score (nSPS) is 11.2. The number of imidazole rings is 1. The number of ether oxygens (including phenoxy) is 2. The van der Waals surface area contributed by atoms with E-state index in [0.717, 1.165) is 11.8 Å². The summed E-state index contributed by atoms with van der Waals surface area (Å²) in [6.07, 6.45) is 6.05. The summed E-state index contributed by atoms with van der Waals surface area (Å²) in [5.74, 6) is -2.09. The molecular formula is C29H32F2N6O4. The third-order valence-electron chi connectivity index (χ3n) is 6.50. The summed E-state index contributed by atoms with van der Waals surface area (Å²) in [7, 11) is 3.11. The van der Waals surface area contributed by atoms with Crippen LogP contribution in [0.2, 0.25) is 0 Å². The van der Waals surface area contributed by atoms with Crippen LogP contribution in [0.25, 0.3) is 16.9 Å². The number of aryl methyl sites for hydroxylation is 1. The van der Waals surface area contributed by atoms with E-state index in [4.69, 9.17) is 9.47 Å². The van der Waals surface area contributed by atoms with E-state index in [2.05, 4.69) is 20.6 Å². The molecule has 2 aromatic heterocycles. The molecule has 0 aliphatic heterocycles. The van der Waals surface area contributed by atoms with Crippen LogP contribution >= 0.6 is 0 Å². The topological polar surface area (TPSA) is 110 Å². The summed E-state index contributed by atoms with van der Waals surface area (Å²) in [6.45, 7) is 4.11. The van der Waals surface area contributed by atoms with Gasteiger partial charge in [0.05, 0.1) is 38.8 Å². The largest absolute Gasteiger partial charge is 0.494 e. The Balaban J connectivity index is 1.44. The van der Waals surface area contributed by atoms with Crippen LogP contribution in [0.3, 0.4) is 0 Å². The van der Waals surface area contributed by atoms with Gasteiger partial charge in [0.15, 0.2) is 23.0 Å². The zero-order valence-electron chi connectivity index (χ0n) is 23.1. The van der Waals surface area contributed by atoms with Gasteiger partial charge in [-0.15, -0.1) is 0 Å². The van der Waals surface area contributed by atoms with Crippen molar-refractivity contribution in [1.82, 2.24) is 24.6 Å². The number of aromatic nitrogens is 3. The van der Waals surface area contributed by atoms with Crippen LogP contribution in [-0.2, 0) is 16.0 Å². The first-order valence-corrected chi connectivity index (χ1v) is 13.1. The van der Waals surface area contributed by atoms with Gasteiger partial charge in [-0.05, 0) is 49.4 Å². The molecule has 4 rings (SSSR count). The Labute approximate surface area is 236 Å². The predicted octanol–water partition coefficient (Wildman–Crippen LogP) is 3.87. The van der Waals surface area contributed by atoms with Gasteiger partial charge in [0.25, 0.3) is 5.91 Å². The van der Waals surface area contributed by atoms with Crippen LogP contribution in [0.5, 0.6) is 5.75 Å². The quantitative estimate of drug-likeness (QED) is 0.175. The zero-order chi connectivity index (χ0) is 29.4. The molecule has 0 aliphatic carbocycles. The first-order chi connectivity index (χ1) is 19.9. The van der Waals surface area contributed by atoms with Gasteiger partial charge in [-0.1, -0.05) is 6.92 Å². The molecule has 12 heteroatoms. The lowest BCUT2D eigenvalue weighted by molar-refractivity contribution is -0.108. The third-order valence-corrected chi connectivity index (χ3v) is 6.50. The Morgan fingerprint density at radius 1 is 1.15 bits per heavy atom. The number of aldehydes is 1. The van der Waals surface area contributed by atoms with E-state index in [0.29, 0.717) is 67.7 Å². The number of rotatable bonds is 14. The average Bonchev–Trinajstić information content (AvgIpc) is 3.41. The summed E-state index contributed by atoms with van der Waals surface area (Å²) in [5.41, 5.74) is 2.86. The van der Waals surface area contributed by atoms with Crippen LogP contribution in [0, 0.1) is 11.6 Å². The van der Waals surface area contributed by atoms with Crippen molar-refractivity contribution in [1.29, 1.82) is 0 Å². The van der Waals surface area contributed by atoms with Crippen molar-refractivity contribution in [3.05, 3.63) is 71.7 Å². The first kappa shape index (κ1) is 29.6. The number of amides is 1. The van der Waals surface area contributed by atoms with E-state index < -0.39 is 11.6 Å². The highest BCUT2D eigenvalue weighted by atomic mass is 19.2. The molecule has 0 atom stereocenters. The minimum Gasteiger partial charge on any atom is -0.494 e. The summed E-state index contributed by atoms with van der Waals surface area (Å²) >= 11 is 0. The van der Waals surface area contributed by atoms with Gasteiger partial charge in [-0.3, -0.25) is 14.1 Å². The van der Waals surface area contributed by atoms with Crippen molar-refractivity contribution >= 4 is 29.3 Å². The van der Waals surface area contributed by atoms with Gasteiger partial charge < -0.3 is 24.9 Å². The number of nitrogens with one attached hydrogen (secondary N) is 2. The fourth-order valence-corrected chi connectivity index (χ4v) is 4.29. The van der Waals surface area contributed by atoms with Gasteiger partial charge >= 0.3 is 0 Å². The number of fused-ring (bicyclic) bond motifs is 1. The summed E-state index contributed by atoms with van der Waals surface area (Å²) in [6, 6.07) is 8.16. The first-order valence-electron chi connectivity index (χ1n) is 13.1. The standard InChI is InChI=1S/C29H32F2N6O4/c1-4-19-17-20(5-6-21(19)29(39)33-10-15-41-16-13-36(2)12-14-38)35-27-28-34-18-23(37(28)11-9-32-27)22-7-8-24(40-3)26(31)25(22)30/h5-9,11,14,17-18H,4,10,12-13,15-16H2,1-3H3,(H,32,35)(H,33,39). The Kier molecular flexibility index (Phi) is 9.93. The maximum Gasteiger partial charge on any atom is 0.251 e. The third kappa shape index (κ3) is 6.84. The lowest BCUT2D eigenvalue weighted by Crippen LogP contribution is -2.30. The van der Waals surface area contributed by atoms with E-state index >= 15 is 0 Å². The molecule has 0 unspecified atom stereocenters. The average molecular weight is 567 g/mol. The van der Waals surface area contributed by atoms with E-state index in [1.807, 2.05) is 24.9 Å². The smallest absolute Gasteiger partial charge is 0.251 e. The predicted molar refractivity (Wildman–Crippen MR) is 151 cm³/mol. The molecule has 10 nitrogen and oxygen atoms in total. The number of halogens is 2. The number of nitrogens with zero attached hydrogens (tertiary/aromatic N) is 4. The second kappa shape index (κ2) is 13.8. The summed E-state index contributed by atoms with van der Waals surface area (Å²) in [4.78, 5) is 33.9. The fourth-order valence-electron chi connectivity index (χ4n) is 4.29. The van der Waals surface area contributed by atoms with Crippen molar-refractivity contribution in [2.24, 2.45) is 0 Å². The monoisotopic (exact) mass is 566 g/mol. The van der Waals surface area contributed by atoms with Crippen LogP contribution in [-0.4, -0.2) is 78.5 Å². The molecule has 0 aliphatic rings. The molecule has 2 N–H and O–H groups in total. The molecule has 0 fully saturated rings. The van der Waals surface area contributed by atoms with Crippen molar-refractivity contribution < 1.29 is 27.8 Å². The van der Waals surface area contributed by atoms with Crippen molar-refractivity contribution in [2.45, 2.75) is 13.3 Å². The van der Waals surface area contributed by atoms with Gasteiger partial charge in [-0.25, -0.2) is 14.4 Å². The lowest BCUT2D eigenvalue weighted by Gasteiger charge is -2.14. The number of methoxy groups -OCH3 is 1. The molecular weight excluding hydrogens is 534 g/mol. The molecule has 0 bridgehead atoms. The zero-order valence-corrected chi connectivity index (χ0v) is 23.1. The van der Waals surface area contributed by atoms with E-state index in [1.165, 1.54) is 31.6 Å². The van der Waals surface area contributed by atoms with Crippen molar-refractivity contribution in [2.75, 3.05) is 52.3 Å². The molecule has 0 radical (unpaired) electrons. The number of hydrogen-bond acceptors (Lipinski definition) is 8. The van der Waals surface area contributed by atoms with Crippen molar-refractivity contribution in [3.8, 4) is 17.0 Å². The molecule has 1 amide bonds. The van der Waals surface area contributed by atoms with E-state index in [9.17, 15) is 18.4 Å². The highest BCUT2D eigenvalue weighted by molar-refractivity contribution is 5.96. The van der Waals surface area contributed by atoms with Crippen LogP contribution in [0.1, 0.15) is 22.8 Å². The number of benzene rings is 2. The van der Waals surface area contributed by atoms with Gasteiger partial charge in [0.2, 0.25) is 5.82 Å². The number of carbonyl (C=O) groups is 2. The number of likely N-dealkylation sites (N-methyl/N-ethyl adjacent to an activating group) is 1. The van der Waals surface area contributed by atoms with Gasteiger partial charge in [0, 0.05) is 42.3 Å². The lowest BCUT2D eigenvalue weighted by atomic mass is 10.0. The Morgan fingerprint density at radius 2 is 1.98 bits per heavy atom. The summed E-state index contributed by atoms with van der Waals surface area (Å²) in [5, 5.41) is 6.09. The maximum absolute atomic E-state index is 14.8. The minimum atomic E-state index is -1.07. The second-order valence-electron chi connectivity index (χ2n) is 9.20. The minimum absolute atomic E-state index is 0.0345. The van der Waals surface area contributed by atoms with Gasteiger partial charge in [0.1, 0.15) is 6.29 Å². The molecule has 2 aromatic carbocycles. The maximum atomic E-state index is 14.8. The SMILES string of the molecule is CCc1cc(Nc2nccn3c(-c4ccc(OC)c(F)c4F)cnc23)ccc1C(=O)NCCOCCN(C)CC=O. The number of carbonyl (C=O) groups excluding carboxylic acids is 2. The van der Waals surface area contributed by atoms with Gasteiger partial charge in [-0.2, -0.15) is 4.39 Å². The molecule has 2 heterocycles. The molecule has 0 spiro atoms. The molecule has 41 heavy (non-hydrogen) atoms. The fraction of sp³-hybridized carbons (Fsp3) is 0.310. The van der Waals surface area contributed by atoms with Crippen LogP contribution in [0.4, 0.5) is 20.3 Å². The van der Waals surface area contributed by atoms with Crippen LogP contribution in [0.15, 0.2) is 48.9 Å². The molecule has 0 saturated carbocycles.